The summed E-state index contributed by atoms with van der Waals surface area (Å²) in [7, 11) is 0. The highest BCUT2D eigenvalue weighted by molar-refractivity contribution is 6.31. The lowest BCUT2D eigenvalue weighted by molar-refractivity contribution is -0.116. The first-order valence-corrected chi connectivity index (χ1v) is 8.25. The van der Waals surface area contributed by atoms with E-state index in [1.807, 2.05) is 48.5 Å². The highest BCUT2D eigenvalue weighted by Gasteiger charge is 2.32. The minimum Gasteiger partial charge on any atom is -0.372 e. The zero-order valence-electron chi connectivity index (χ0n) is 12.6. The van der Waals surface area contributed by atoms with E-state index in [0.717, 1.165) is 41.1 Å². The highest BCUT2D eigenvalue weighted by atomic mass is 35.5. The lowest BCUT2D eigenvalue weighted by Gasteiger charge is -2.26. The first-order valence-electron chi connectivity index (χ1n) is 7.87. The molecule has 0 radical (unpaired) electrons. The standard InChI is InChI=1S/C19H17ClN2O/c20-13-7-2-1-6-12(13)19-18-16(10-5-11-17(18)23)21-14-8-3-4-9-15(14)22-19/h1-4,6-9,19,21-22H,5,10-11H2/t19-/m0/s1. The third-order valence-corrected chi connectivity index (χ3v) is 4.82. The Morgan fingerprint density at radius 2 is 1.70 bits per heavy atom. The maximum Gasteiger partial charge on any atom is 0.163 e. The van der Waals surface area contributed by atoms with Crippen LogP contribution >= 0.6 is 11.6 Å². The van der Waals surface area contributed by atoms with Crippen molar-refractivity contribution in [1.82, 2.24) is 0 Å². The maximum atomic E-state index is 12.6. The molecule has 0 spiro atoms. The molecule has 2 aromatic carbocycles. The van der Waals surface area contributed by atoms with Gasteiger partial charge in [0, 0.05) is 22.7 Å². The molecule has 2 N–H and O–H groups in total. The minimum atomic E-state index is -0.220. The van der Waals surface area contributed by atoms with Crippen LogP contribution in [0.5, 0.6) is 0 Å². The molecule has 3 nitrogen and oxygen atoms in total. The number of rotatable bonds is 1. The van der Waals surface area contributed by atoms with Gasteiger partial charge in [-0.2, -0.15) is 0 Å². The number of para-hydroxylation sites is 2. The van der Waals surface area contributed by atoms with E-state index >= 15 is 0 Å². The Bertz CT molecular complexity index is 813. The fraction of sp³-hybridized carbons (Fsp3) is 0.211. The topological polar surface area (TPSA) is 41.1 Å². The number of fused-ring (bicyclic) bond motifs is 1. The molecule has 0 bridgehead atoms. The molecular weight excluding hydrogens is 308 g/mol. The predicted molar refractivity (Wildman–Crippen MR) is 93.8 cm³/mol. The van der Waals surface area contributed by atoms with Gasteiger partial charge in [0.2, 0.25) is 0 Å². The zero-order valence-corrected chi connectivity index (χ0v) is 13.4. The monoisotopic (exact) mass is 324 g/mol. The Morgan fingerprint density at radius 3 is 2.52 bits per heavy atom. The van der Waals surface area contributed by atoms with Gasteiger partial charge < -0.3 is 10.6 Å². The van der Waals surface area contributed by atoms with Crippen LogP contribution in [0.3, 0.4) is 0 Å². The van der Waals surface area contributed by atoms with E-state index in [-0.39, 0.29) is 11.8 Å². The van der Waals surface area contributed by atoms with Gasteiger partial charge in [0.1, 0.15) is 0 Å². The molecule has 1 atom stereocenters. The van der Waals surface area contributed by atoms with Crippen LogP contribution in [-0.2, 0) is 4.79 Å². The molecule has 116 valence electrons. The molecular formula is C19H17ClN2O. The van der Waals surface area contributed by atoms with E-state index in [1.54, 1.807) is 0 Å². The summed E-state index contributed by atoms with van der Waals surface area (Å²) in [5, 5.41) is 7.66. The molecule has 0 fully saturated rings. The van der Waals surface area contributed by atoms with Crippen LogP contribution in [0.4, 0.5) is 11.4 Å². The van der Waals surface area contributed by atoms with Crippen molar-refractivity contribution in [3.8, 4) is 0 Å². The molecule has 0 unspecified atom stereocenters. The summed E-state index contributed by atoms with van der Waals surface area (Å²) in [6, 6.07) is 15.5. The van der Waals surface area contributed by atoms with E-state index in [0.29, 0.717) is 11.4 Å². The number of halogens is 1. The number of ketones is 1. The smallest absolute Gasteiger partial charge is 0.163 e. The molecule has 23 heavy (non-hydrogen) atoms. The van der Waals surface area contributed by atoms with E-state index in [4.69, 9.17) is 11.6 Å². The fourth-order valence-corrected chi connectivity index (χ4v) is 3.62. The number of hydrogen-bond donors (Lipinski definition) is 2. The van der Waals surface area contributed by atoms with Crippen molar-refractivity contribution < 1.29 is 4.79 Å². The Kier molecular flexibility index (Phi) is 3.58. The van der Waals surface area contributed by atoms with Crippen LogP contribution in [0.15, 0.2) is 59.8 Å². The molecule has 0 saturated carbocycles. The summed E-state index contributed by atoms with van der Waals surface area (Å²) in [5.41, 5.74) is 4.77. The van der Waals surface area contributed by atoms with E-state index in [2.05, 4.69) is 10.6 Å². The molecule has 2 aromatic rings. The summed E-state index contributed by atoms with van der Waals surface area (Å²) in [6.07, 6.45) is 2.37. The second kappa shape index (κ2) is 5.74. The average molecular weight is 325 g/mol. The molecule has 1 aliphatic heterocycles. The van der Waals surface area contributed by atoms with Crippen molar-refractivity contribution >= 4 is 28.8 Å². The van der Waals surface area contributed by atoms with Gasteiger partial charge in [-0.05, 0) is 36.6 Å². The minimum absolute atomic E-state index is 0.198. The quantitative estimate of drug-likeness (QED) is 0.781. The number of benzene rings is 2. The molecule has 0 saturated heterocycles. The number of nitrogens with one attached hydrogen (secondary N) is 2. The largest absolute Gasteiger partial charge is 0.372 e. The van der Waals surface area contributed by atoms with Gasteiger partial charge in [-0.25, -0.2) is 0 Å². The Balaban J connectivity index is 1.91. The van der Waals surface area contributed by atoms with Crippen molar-refractivity contribution in [2.75, 3.05) is 10.6 Å². The van der Waals surface area contributed by atoms with Crippen molar-refractivity contribution in [3.05, 3.63) is 70.4 Å². The molecule has 2 aliphatic rings. The second-order valence-electron chi connectivity index (χ2n) is 5.94. The van der Waals surface area contributed by atoms with Crippen LogP contribution in [0, 0.1) is 0 Å². The summed E-state index contributed by atoms with van der Waals surface area (Å²) in [5.74, 6) is 0.198. The second-order valence-corrected chi connectivity index (χ2v) is 6.35. The third kappa shape index (κ3) is 2.51. The first-order chi connectivity index (χ1) is 11.2. The molecule has 0 aromatic heterocycles. The van der Waals surface area contributed by atoms with Gasteiger partial charge in [0.25, 0.3) is 0 Å². The maximum absolute atomic E-state index is 12.6. The number of Topliss-reactive ketones (excluding diaryl/α,β-unsaturated/α-hetero) is 1. The molecule has 4 rings (SSSR count). The molecule has 4 heteroatoms. The normalized spacial score (nSPS) is 20.0. The van der Waals surface area contributed by atoms with E-state index in [1.165, 1.54) is 0 Å². The van der Waals surface area contributed by atoms with Gasteiger partial charge in [-0.15, -0.1) is 0 Å². The van der Waals surface area contributed by atoms with Crippen LogP contribution in [0.25, 0.3) is 0 Å². The number of hydrogen-bond acceptors (Lipinski definition) is 3. The van der Waals surface area contributed by atoms with Crippen molar-refractivity contribution in [1.29, 1.82) is 0 Å². The molecule has 1 heterocycles. The number of carbonyl (C=O) groups excluding carboxylic acids is 1. The fourth-order valence-electron chi connectivity index (χ4n) is 3.38. The van der Waals surface area contributed by atoms with Gasteiger partial charge >= 0.3 is 0 Å². The third-order valence-electron chi connectivity index (χ3n) is 4.47. The Morgan fingerprint density at radius 1 is 0.957 bits per heavy atom. The van der Waals surface area contributed by atoms with Crippen molar-refractivity contribution in [3.63, 3.8) is 0 Å². The van der Waals surface area contributed by atoms with Gasteiger partial charge in [-0.1, -0.05) is 41.9 Å². The zero-order chi connectivity index (χ0) is 15.8. The average Bonchev–Trinajstić information content (AvgIpc) is 2.72. The highest BCUT2D eigenvalue weighted by Crippen LogP contribution is 2.41. The Hall–Kier alpha value is -2.26. The van der Waals surface area contributed by atoms with Crippen molar-refractivity contribution in [2.45, 2.75) is 25.3 Å². The lowest BCUT2D eigenvalue weighted by Crippen LogP contribution is -2.23. The summed E-state index contributed by atoms with van der Waals surface area (Å²) >= 11 is 6.42. The van der Waals surface area contributed by atoms with Crippen LogP contribution in [-0.4, -0.2) is 5.78 Å². The van der Waals surface area contributed by atoms with Gasteiger partial charge in [0.05, 0.1) is 17.4 Å². The van der Waals surface area contributed by atoms with Crippen LogP contribution < -0.4 is 10.6 Å². The van der Waals surface area contributed by atoms with E-state index < -0.39 is 0 Å². The van der Waals surface area contributed by atoms with Gasteiger partial charge in [0.15, 0.2) is 5.78 Å². The summed E-state index contributed by atoms with van der Waals surface area (Å²) in [6.45, 7) is 0. The number of carbonyl (C=O) groups is 1. The van der Waals surface area contributed by atoms with Crippen LogP contribution in [0.2, 0.25) is 5.02 Å². The molecule has 0 amide bonds. The number of allylic oxidation sites excluding steroid dienone is 1. The summed E-state index contributed by atoms with van der Waals surface area (Å²) in [4.78, 5) is 12.6. The molecule has 1 aliphatic carbocycles. The number of anilines is 2. The lowest BCUT2D eigenvalue weighted by atomic mass is 9.86. The van der Waals surface area contributed by atoms with Gasteiger partial charge in [-0.3, -0.25) is 4.79 Å². The SMILES string of the molecule is O=C1CCCC2=C1[C@H](c1ccccc1Cl)Nc1ccccc1N2. The van der Waals surface area contributed by atoms with Crippen LogP contribution in [0.1, 0.15) is 30.9 Å². The Labute approximate surface area is 140 Å². The summed E-state index contributed by atoms with van der Waals surface area (Å²) < 4.78 is 0. The van der Waals surface area contributed by atoms with Crippen molar-refractivity contribution in [2.24, 2.45) is 0 Å². The predicted octanol–water partition coefficient (Wildman–Crippen LogP) is 4.93. The van der Waals surface area contributed by atoms with E-state index in [9.17, 15) is 4.79 Å². The first kappa shape index (κ1) is 14.3.